The second-order valence-corrected chi connectivity index (χ2v) is 6.79. The van der Waals surface area contributed by atoms with Crippen LogP contribution in [-0.2, 0) is 22.5 Å². The lowest BCUT2D eigenvalue weighted by Crippen LogP contribution is -2.46. The molecule has 26 heavy (non-hydrogen) atoms. The van der Waals surface area contributed by atoms with Gasteiger partial charge >= 0.3 is 0 Å². The fraction of sp³-hybridized carbons (Fsp3) is 0.500. The molecule has 1 aliphatic heterocycles. The molecule has 1 amide bonds. The van der Waals surface area contributed by atoms with Gasteiger partial charge in [0.15, 0.2) is 0 Å². The topological polar surface area (TPSA) is 56.6 Å². The van der Waals surface area contributed by atoms with Crippen LogP contribution in [0.25, 0.3) is 0 Å². The molecule has 0 saturated carbocycles. The molecule has 1 aliphatic rings. The van der Waals surface area contributed by atoms with E-state index in [-0.39, 0.29) is 12.0 Å². The molecule has 1 unspecified atom stereocenters. The van der Waals surface area contributed by atoms with Gasteiger partial charge in [0.1, 0.15) is 5.75 Å². The molecule has 6 nitrogen and oxygen atoms in total. The van der Waals surface area contributed by atoms with Crippen molar-refractivity contribution >= 4 is 5.91 Å². The average Bonchev–Trinajstić information content (AvgIpc) is 2.97. The second-order valence-electron chi connectivity index (χ2n) is 6.79. The number of methoxy groups -OCH3 is 1. The van der Waals surface area contributed by atoms with E-state index < -0.39 is 0 Å². The van der Waals surface area contributed by atoms with Crippen LogP contribution >= 0.6 is 0 Å². The monoisotopic (exact) mass is 357 g/mol. The zero-order chi connectivity index (χ0) is 18.5. The van der Waals surface area contributed by atoms with Crippen LogP contribution in [-0.4, -0.2) is 53.5 Å². The summed E-state index contributed by atoms with van der Waals surface area (Å²) in [5, 5.41) is 4.42. The van der Waals surface area contributed by atoms with Crippen molar-refractivity contribution < 1.29 is 14.3 Å². The summed E-state index contributed by atoms with van der Waals surface area (Å²) < 4.78 is 13.0. The van der Waals surface area contributed by atoms with Crippen molar-refractivity contribution in [2.75, 3.05) is 26.8 Å². The normalized spacial score (nSPS) is 17.3. The number of aryl methyl sites for hydroxylation is 3. The highest BCUT2D eigenvalue weighted by atomic mass is 16.5. The summed E-state index contributed by atoms with van der Waals surface area (Å²) in [6.07, 6.45) is 1.26. The molecule has 1 aromatic heterocycles. The summed E-state index contributed by atoms with van der Waals surface area (Å²) >= 11 is 0. The smallest absolute Gasteiger partial charge is 0.224 e. The molecular weight excluding hydrogens is 330 g/mol. The summed E-state index contributed by atoms with van der Waals surface area (Å²) in [4.78, 5) is 14.5. The number of benzene rings is 1. The van der Waals surface area contributed by atoms with Gasteiger partial charge in [-0.2, -0.15) is 5.10 Å². The van der Waals surface area contributed by atoms with E-state index in [0.29, 0.717) is 32.7 Å². The van der Waals surface area contributed by atoms with E-state index in [4.69, 9.17) is 9.47 Å². The summed E-state index contributed by atoms with van der Waals surface area (Å²) in [5.41, 5.74) is 3.24. The number of hydrogen-bond acceptors (Lipinski definition) is 4. The molecule has 0 aliphatic carbocycles. The third-order valence-electron chi connectivity index (χ3n) is 4.73. The predicted octanol–water partition coefficient (Wildman–Crippen LogP) is 2.37. The number of carbonyl (C=O) groups is 1. The first kappa shape index (κ1) is 18.5. The molecule has 6 heteroatoms. The van der Waals surface area contributed by atoms with Gasteiger partial charge in [-0.25, -0.2) is 0 Å². The van der Waals surface area contributed by atoms with Crippen molar-refractivity contribution in [2.45, 2.75) is 39.3 Å². The summed E-state index contributed by atoms with van der Waals surface area (Å²) in [6, 6.07) is 10.0. The second kappa shape index (κ2) is 8.36. The molecule has 1 atom stereocenters. The van der Waals surface area contributed by atoms with Gasteiger partial charge in [-0.1, -0.05) is 12.1 Å². The molecule has 1 saturated heterocycles. The van der Waals surface area contributed by atoms with Crippen LogP contribution in [0, 0.1) is 13.8 Å². The fourth-order valence-electron chi connectivity index (χ4n) is 3.39. The van der Waals surface area contributed by atoms with Gasteiger partial charge < -0.3 is 14.4 Å². The van der Waals surface area contributed by atoms with Crippen LogP contribution in [0.1, 0.15) is 23.4 Å². The summed E-state index contributed by atoms with van der Waals surface area (Å²) in [7, 11) is 1.67. The van der Waals surface area contributed by atoms with Gasteiger partial charge in [-0.3, -0.25) is 9.48 Å². The van der Waals surface area contributed by atoms with Crippen molar-refractivity contribution in [3.8, 4) is 5.75 Å². The number of aromatic nitrogens is 2. The number of hydrogen-bond donors (Lipinski definition) is 0. The molecule has 3 rings (SSSR count). The van der Waals surface area contributed by atoms with E-state index in [9.17, 15) is 4.79 Å². The van der Waals surface area contributed by atoms with Crippen molar-refractivity contribution in [3.05, 3.63) is 47.3 Å². The maximum Gasteiger partial charge on any atom is 0.224 e. The average molecular weight is 357 g/mol. The van der Waals surface area contributed by atoms with E-state index in [0.717, 1.165) is 29.1 Å². The molecule has 0 N–H and O–H groups in total. The van der Waals surface area contributed by atoms with Gasteiger partial charge in [0, 0.05) is 38.2 Å². The Labute approximate surface area is 154 Å². The third kappa shape index (κ3) is 4.64. The van der Waals surface area contributed by atoms with Crippen LogP contribution < -0.4 is 4.74 Å². The van der Waals surface area contributed by atoms with Crippen LogP contribution in [0.15, 0.2) is 30.3 Å². The molecule has 0 spiro atoms. The first-order chi connectivity index (χ1) is 12.5. The largest absolute Gasteiger partial charge is 0.497 e. The van der Waals surface area contributed by atoms with Crippen LogP contribution in [0.2, 0.25) is 0 Å². The van der Waals surface area contributed by atoms with Crippen LogP contribution in [0.3, 0.4) is 0 Å². The Hall–Kier alpha value is -2.34. The molecule has 0 radical (unpaired) electrons. The lowest BCUT2D eigenvalue weighted by atomic mass is 10.1. The van der Waals surface area contributed by atoms with Crippen molar-refractivity contribution in [3.63, 3.8) is 0 Å². The van der Waals surface area contributed by atoms with Crippen molar-refractivity contribution in [1.29, 1.82) is 0 Å². The lowest BCUT2D eigenvalue weighted by molar-refractivity contribution is -0.139. The first-order valence-corrected chi connectivity index (χ1v) is 9.08. The SMILES string of the molecule is COc1cccc(CC2CN(C(=O)CCn3nc(C)cc3C)CCO2)c1. The third-order valence-corrected chi connectivity index (χ3v) is 4.73. The van der Waals surface area contributed by atoms with Gasteiger partial charge in [0.25, 0.3) is 0 Å². The fourth-order valence-corrected chi connectivity index (χ4v) is 3.39. The van der Waals surface area contributed by atoms with Crippen molar-refractivity contribution in [2.24, 2.45) is 0 Å². The Morgan fingerprint density at radius 2 is 2.19 bits per heavy atom. The first-order valence-electron chi connectivity index (χ1n) is 9.08. The van der Waals surface area contributed by atoms with Gasteiger partial charge in [0.05, 0.1) is 25.5 Å². The lowest BCUT2D eigenvalue weighted by Gasteiger charge is -2.33. The highest BCUT2D eigenvalue weighted by Crippen LogP contribution is 2.17. The molecule has 2 aromatic rings. The quantitative estimate of drug-likeness (QED) is 0.796. The molecule has 2 heterocycles. The highest BCUT2D eigenvalue weighted by Gasteiger charge is 2.24. The Kier molecular flexibility index (Phi) is 5.93. The molecule has 0 bridgehead atoms. The zero-order valence-electron chi connectivity index (χ0n) is 15.8. The van der Waals surface area contributed by atoms with Gasteiger partial charge in [0.2, 0.25) is 5.91 Å². The number of rotatable bonds is 6. The summed E-state index contributed by atoms with van der Waals surface area (Å²) in [6.45, 7) is 6.48. The highest BCUT2D eigenvalue weighted by molar-refractivity contribution is 5.76. The Morgan fingerprint density at radius 3 is 2.92 bits per heavy atom. The summed E-state index contributed by atoms with van der Waals surface area (Å²) in [5.74, 6) is 1.01. The standard InChI is InChI=1S/C20H27N3O3/c1-15-11-16(2)23(21-15)8-7-20(24)22-9-10-26-19(14-22)13-17-5-4-6-18(12-17)25-3/h4-6,11-12,19H,7-10,13-14H2,1-3H3. The van der Waals surface area contributed by atoms with Gasteiger partial charge in [-0.15, -0.1) is 0 Å². The Morgan fingerprint density at radius 1 is 1.35 bits per heavy atom. The maximum absolute atomic E-state index is 12.6. The molecule has 1 fully saturated rings. The van der Waals surface area contributed by atoms with E-state index in [1.165, 1.54) is 0 Å². The minimum absolute atomic E-state index is 0.0218. The van der Waals surface area contributed by atoms with E-state index in [2.05, 4.69) is 11.2 Å². The van der Waals surface area contributed by atoms with E-state index >= 15 is 0 Å². The molecule has 1 aromatic carbocycles. The number of amides is 1. The number of morpholine rings is 1. The molecular formula is C20H27N3O3. The van der Waals surface area contributed by atoms with Crippen molar-refractivity contribution in [1.82, 2.24) is 14.7 Å². The number of ether oxygens (including phenoxy) is 2. The van der Waals surface area contributed by atoms with E-state index in [1.807, 2.05) is 47.7 Å². The molecule has 140 valence electrons. The zero-order valence-corrected chi connectivity index (χ0v) is 15.8. The number of carbonyl (C=O) groups excluding carboxylic acids is 1. The predicted molar refractivity (Wildman–Crippen MR) is 99.3 cm³/mol. The minimum atomic E-state index is 0.0218. The van der Waals surface area contributed by atoms with E-state index in [1.54, 1.807) is 7.11 Å². The number of nitrogens with zero attached hydrogens (tertiary/aromatic N) is 3. The van der Waals surface area contributed by atoms with Gasteiger partial charge in [-0.05, 0) is 37.6 Å². The van der Waals surface area contributed by atoms with Crippen LogP contribution in [0.5, 0.6) is 5.75 Å². The minimum Gasteiger partial charge on any atom is -0.497 e. The van der Waals surface area contributed by atoms with Crippen LogP contribution in [0.4, 0.5) is 0 Å². The maximum atomic E-state index is 12.6. The Balaban J connectivity index is 1.53. The Bertz CT molecular complexity index is 757.